The summed E-state index contributed by atoms with van der Waals surface area (Å²) in [7, 11) is 0. The van der Waals surface area contributed by atoms with Crippen LogP contribution < -0.4 is 5.56 Å². The number of aryl methyl sites for hydroxylation is 1. The van der Waals surface area contributed by atoms with Gasteiger partial charge in [0, 0.05) is 11.6 Å². The van der Waals surface area contributed by atoms with E-state index in [0.717, 1.165) is 22.2 Å². The summed E-state index contributed by atoms with van der Waals surface area (Å²) in [6.45, 7) is 1.98. The van der Waals surface area contributed by atoms with Crippen molar-refractivity contribution in [3.05, 3.63) is 63.8 Å². The number of H-pyrrole nitrogens is 1. The smallest absolute Gasteiger partial charge is 0.282 e. The van der Waals surface area contributed by atoms with Crippen molar-refractivity contribution in [1.82, 2.24) is 19.7 Å². The van der Waals surface area contributed by atoms with Crippen molar-refractivity contribution in [3.63, 3.8) is 0 Å². The van der Waals surface area contributed by atoms with Crippen LogP contribution in [0.4, 0.5) is 0 Å². The number of benzene rings is 1. The van der Waals surface area contributed by atoms with E-state index in [1.807, 2.05) is 31.2 Å². The second-order valence-corrected chi connectivity index (χ2v) is 5.55. The molecule has 0 aliphatic carbocycles. The van der Waals surface area contributed by atoms with Crippen LogP contribution in [0.3, 0.4) is 0 Å². The van der Waals surface area contributed by atoms with Gasteiger partial charge >= 0.3 is 0 Å². The Bertz CT molecular complexity index is 1030. The number of fused-ring (bicyclic) bond motifs is 3. The zero-order valence-electron chi connectivity index (χ0n) is 11.7. The first-order chi connectivity index (χ1) is 10.6. The Labute approximate surface area is 130 Å². The van der Waals surface area contributed by atoms with Crippen LogP contribution in [0.25, 0.3) is 27.8 Å². The Morgan fingerprint density at radius 2 is 2.14 bits per heavy atom. The summed E-state index contributed by atoms with van der Waals surface area (Å²) in [6, 6.07) is 9.38. The van der Waals surface area contributed by atoms with Crippen molar-refractivity contribution in [2.45, 2.75) is 6.92 Å². The Morgan fingerprint density at radius 1 is 1.27 bits per heavy atom. The molecule has 0 spiro atoms. The third kappa shape index (κ3) is 1.90. The number of aromatic nitrogens is 4. The summed E-state index contributed by atoms with van der Waals surface area (Å²) < 4.78 is 1.42. The van der Waals surface area contributed by atoms with E-state index < -0.39 is 0 Å². The Kier molecular flexibility index (Phi) is 2.77. The molecule has 108 valence electrons. The molecule has 0 fully saturated rings. The van der Waals surface area contributed by atoms with Crippen LogP contribution in [0.15, 0.2) is 47.5 Å². The molecule has 0 unspecified atom stereocenters. The lowest BCUT2D eigenvalue weighted by molar-refractivity contribution is 0.858. The second kappa shape index (κ2) is 4.68. The van der Waals surface area contributed by atoms with E-state index in [4.69, 9.17) is 11.6 Å². The highest BCUT2D eigenvalue weighted by Crippen LogP contribution is 2.27. The van der Waals surface area contributed by atoms with Crippen LogP contribution in [0.1, 0.15) is 5.56 Å². The molecule has 0 amide bonds. The van der Waals surface area contributed by atoms with Crippen LogP contribution >= 0.6 is 11.6 Å². The van der Waals surface area contributed by atoms with E-state index in [9.17, 15) is 4.79 Å². The van der Waals surface area contributed by atoms with E-state index in [-0.39, 0.29) is 5.56 Å². The molecule has 5 nitrogen and oxygen atoms in total. The standard InChI is InChI=1S/C16H11ClN4O/c1-9-3-2-4-10(5-9)21-16(22)12-7-18-13-8-19-14(17)6-11(13)15(12)20-21/h2-8,18H,1H3. The monoisotopic (exact) mass is 310 g/mol. The summed E-state index contributed by atoms with van der Waals surface area (Å²) in [4.78, 5) is 19.7. The Morgan fingerprint density at radius 3 is 2.95 bits per heavy atom. The molecule has 22 heavy (non-hydrogen) atoms. The first-order valence-electron chi connectivity index (χ1n) is 6.76. The minimum absolute atomic E-state index is 0.160. The molecule has 2 aliphatic rings. The highest BCUT2D eigenvalue weighted by atomic mass is 35.5. The average Bonchev–Trinajstić information content (AvgIpc) is 2.85. The van der Waals surface area contributed by atoms with Crippen molar-refractivity contribution >= 4 is 22.5 Å². The summed E-state index contributed by atoms with van der Waals surface area (Å²) in [5.74, 6) is 0. The summed E-state index contributed by atoms with van der Waals surface area (Å²) in [5, 5.41) is 5.64. The lowest BCUT2D eigenvalue weighted by Crippen LogP contribution is -2.14. The SMILES string of the molecule is Cc1cccc(-n2nc3c4cc(Cl)ncc4[nH]cc-3c2=O)c1. The zero-order chi connectivity index (χ0) is 15.3. The van der Waals surface area contributed by atoms with Crippen LogP contribution in [-0.2, 0) is 0 Å². The third-order valence-corrected chi connectivity index (χ3v) is 3.83. The summed E-state index contributed by atoms with van der Waals surface area (Å²) >= 11 is 5.97. The summed E-state index contributed by atoms with van der Waals surface area (Å²) in [6.07, 6.45) is 3.29. The van der Waals surface area contributed by atoms with Crippen molar-refractivity contribution < 1.29 is 0 Å². The topological polar surface area (TPSA) is 63.6 Å². The molecule has 2 aromatic rings. The highest BCUT2D eigenvalue weighted by molar-refractivity contribution is 6.30. The van der Waals surface area contributed by atoms with E-state index in [1.54, 1.807) is 18.5 Å². The molecule has 6 heteroatoms. The number of pyridine rings is 2. The van der Waals surface area contributed by atoms with E-state index in [1.165, 1.54) is 4.68 Å². The largest absolute Gasteiger partial charge is 0.359 e. The maximum absolute atomic E-state index is 12.6. The maximum atomic E-state index is 12.6. The fraction of sp³-hybridized carbons (Fsp3) is 0.0625. The first-order valence-corrected chi connectivity index (χ1v) is 7.14. The minimum atomic E-state index is -0.160. The van der Waals surface area contributed by atoms with E-state index in [0.29, 0.717) is 16.4 Å². The first kappa shape index (κ1) is 13.0. The lowest BCUT2D eigenvalue weighted by Gasteiger charge is -2.02. The van der Waals surface area contributed by atoms with Crippen molar-refractivity contribution in [3.8, 4) is 16.9 Å². The van der Waals surface area contributed by atoms with Crippen LogP contribution in [-0.4, -0.2) is 19.7 Å². The fourth-order valence-electron chi connectivity index (χ4n) is 2.57. The molecule has 2 aliphatic heterocycles. The van der Waals surface area contributed by atoms with E-state index in [2.05, 4.69) is 15.1 Å². The van der Waals surface area contributed by atoms with Gasteiger partial charge in [0.05, 0.1) is 23.0 Å². The number of nitrogens with one attached hydrogen (secondary N) is 1. The van der Waals surface area contributed by atoms with Crippen molar-refractivity contribution in [2.75, 3.05) is 0 Å². The predicted molar refractivity (Wildman–Crippen MR) is 85.9 cm³/mol. The van der Waals surface area contributed by atoms with E-state index >= 15 is 0 Å². The van der Waals surface area contributed by atoms with Crippen molar-refractivity contribution in [1.29, 1.82) is 0 Å². The molecule has 1 N–H and O–H groups in total. The van der Waals surface area contributed by atoms with Gasteiger partial charge in [-0.3, -0.25) is 4.79 Å². The Hall–Kier alpha value is -2.66. The lowest BCUT2D eigenvalue weighted by atomic mass is 10.1. The number of hydrogen-bond donors (Lipinski definition) is 1. The van der Waals surface area contributed by atoms with Gasteiger partial charge in [-0.15, -0.1) is 0 Å². The number of hydrogen-bond acceptors (Lipinski definition) is 3. The molecule has 1 aromatic heterocycles. The number of aromatic amines is 1. The molecule has 0 saturated carbocycles. The van der Waals surface area contributed by atoms with Gasteiger partial charge in [0.25, 0.3) is 5.56 Å². The quantitative estimate of drug-likeness (QED) is 0.549. The summed E-state index contributed by atoms with van der Waals surface area (Å²) in [5.41, 5.74) is 3.58. The van der Waals surface area contributed by atoms with Crippen LogP contribution in [0, 0.1) is 6.92 Å². The number of rotatable bonds is 1. The molecular formula is C16H11ClN4O. The number of halogens is 1. The molecule has 0 saturated heterocycles. The van der Waals surface area contributed by atoms with Gasteiger partial charge < -0.3 is 4.98 Å². The minimum Gasteiger partial charge on any atom is -0.359 e. The van der Waals surface area contributed by atoms with Gasteiger partial charge in [0.15, 0.2) is 0 Å². The maximum Gasteiger partial charge on any atom is 0.282 e. The molecular weight excluding hydrogens is 300 g/mol. The van der Waals surface area contributed by atoms with Gasteiger partial charge in [0.1, 0.15) is 10.8 Å². The van der Waals surface area contributed by atoms with Crippen molar-refractivity contribution in [2.24, 2.45) is 0 Å². The molecule has 3 heterocycles. The van der Waals surface area contributed by atoms with Crippen LogP contribution in [0.5, 0.6) is 0 Å². The van der Waals surface area contributed by atoms with Gasteiger partial charge in [-0.1, -0.05) is 23.7 Å². The molecule has 4 rings (SSSR count). The highest BCUT2D eigenvalue weighted by Gasteiger charge is 2.19. The molecule has 0 radical (unpaired) electrons. The van der Waals surface area contributed by atoms with Gasteiger partial charge in [-0.05, 0) is 30.7 Å². The van der Waals surface area contributed by atoms with Gasteiger partial charge in [-0.25, -0.2) is 4.98 Å². The average molecular weight is 311 g/mol. The Balaban J connectivity index is 2.08. The second-order valence-electron chi connectivity index (χ2n) is 5.16. The molecule has 0 atom stereocenters. The predicted octanol–water partition coefficient (Wildman–Crippen LogP) is 3.18. The van der Waals surface area contributed by atoms with Gasteiger partial charge in [0.2, 0.25) is 0 Å². The van der Waals surface area contributed by atoms with Gasteiger partial charge in [-0.2, -0.15) is 9.78 Å². The number of nitrogens with zero attached hydrogens (tertiary/aromatic N) is 3. The molecule has 0 bridgehead atoms. The van der Waals surface area contributed by atoms with Crippen LogP contribution in [0.2, 0.25) is 5.15 Å². The molecule has 1 aromatic carbocycles. The normalized spacial score (nSPS) is 11.4. The zero-order valence-corrected chi connectivity index (χ0v) is 12.4. The third-order valence-electron chi connectivity index (χ3n) is 3.62. The fourth-order valence-corrected chi connectivity index (χ4v) is 2.73.